The molecule has 22 heavy (non-hydrogen) atoms. The number of amides is 3. The van der Waals surface area contributed by atoms with Gasteiger partial charge >= 0.3 is 0 Å². The summed E-state index contributed by atoms with van der Waals surface area (Å²) in [6.07, 6.45) is 8.69. The van der Waals surface area contributed by atoms with Crippen LogP contribution in [0.2, 0.25) is 0 Å². The maximum atomic E-state index is 12.0. The fourth-order valence-electron chi connectivity index (χ4n) is 2.87. The molecular weight excluding hydrogens is 282 g/mol. The van der Waals surface area contributed by atoms with E-state index in [0.717, 1.165) is 17.7 Å². The number of rotatable bonds is 2. The quantitative estimate of drug-likeness (QED) is 0.789. The SMILES string of the molecule is CCC1=CC(=O)NC2=CC(=NC(=O)C3CCC(=O)N3)C=CC12. The minimum atomic E-state index is -0.531. The summed E-state index contributed by atoms with van der Waals surface area (Å²) in [5.41, 5.74) is 2.28. The number of fused-ring (bicyclic) bond motifs is 1. The van der Waals surface area contributed by atoms with E-state index in [1.165, 1.54) is 0 Å². The normalized spacial score (nSPS) is 28.7. The second-order valence-corrected chi connectivity index (χ2v) is 5.53. The minimum Gasteiger partial charge on any atom is -0.344 e. The third-order valence-corrected chi connectivity index (χ3v) is 4.02. The van der Waals surface area contributed by atoms with Crippen LogP contribution in [0.25, 0.3) is 0 Å². The molecule has 0 aromatic carbocycles. The van der Waals surface area contributed by atoms with E-state index in [1.807, 2.05) is 13.0 Å². The predicted octanol–water partition coefficient (Wildman–Crippen LogP) is 0.769. The molecule has 0 saturated carbocycles. The maximum Gasteiger partial charge on any atom is 0.268 e. The van der Waals surface area contributed by atoms with Crippen LogP contribution in [-0.4, -0.2) is 29.5 Å². The molecule has 0 aromatic heterocycles. The number of nitrogens with zero attached hydrogens (tertiary/aromatic N) is 1. The number of carbonyl (C=O) groups excluding carboxylic acids is 3. The number of allylic oxidation sites excluding steroid dienone is 3. The molecule has 2 unspecified atom stereocenters. The van der Waals surface area contributed by atoms with Crippen molar-refractivity contribution in [1.82, 2.24) is 10.6 Å². The standard InChI is InChI=1S/C16H17N3O3/c1-2-9-7-15(21)19-13-8-10(3-4-11(9)13)17-16(22)12-5-6-14(20)18-12/h3-4,7-8,11-12H,2,5-6H2,1H3,(H,18,20)(H,19,21). The summed E-state index contributed by atoms with van der Waals surface area (Å²) in [7, 11) is 0. The fourth-order valence-corrected chi connectivity index (χ4v) is 2.87. The van der Waals surface area contributed by atoms with Gasteiger partial charge in [0.05, 0.1) is 5.71 Å². The first kappa shape index (κ1) is 14.4. The molecule has 6 nitrogen and oxygen atoms in total. The first-order valence-corrected chi connectivity index (χ1v) is 7.40. The average Bonchev–Trinajstić information content (AvgIpc) is 2.92. The Bertz CT molecular complexity index is 670. The van der Waals surface area contributed by atoms with Gasteiger partial charge in [-0.2, -0.15) is 0 Å². The molecule has 2 atom stereocenters. The van der Waals surface area contributed by atoms with Crippen LogP contribution in [0.1, 0.15) is 26.2 Å². The Labute approximate surface area is 128 Å². The van der Waals surface area contributed by atoms with Crippen molar-refractivity contribution in [1.29, 1.82) is 0 Å². The van der Waals surface area contributed by atoms with Crippen molar-refractivity contribution in [2.24, 2.45) is 10.9 Å². The van der Waals surface area contributed by atoms with Crippen molar-refractivity contribution in [2.75, 3.05) is 0 Å². The zero-order chi connectivity index (χ0) is 15.7. The van der Waals surface area contributed by atoms with Crippen molar-refractivity contribution >= 4 is 23.4 Å². The van der Waals surface area contributed by atoms with E-state index >= 15 is 0 Å². The number of aliphatic imine (C=N–C) groups is 1. The summed E-state index contributed by atoms with van der Waals surface area (Å²) in [6, 6.07) is -0.531. The second kappa shape index (κ2) is 5.71. The molecule has 114 valence electrons. The van der Waals surface area contributed by atoms with Crippen LogP contribution in [0.4, 0.5) is 0 Å². The topological polar surface area (TPSA) is 87.6 Å². The lowest BCUT2D eigenvalue weighted by Crippen LogP contribution is -2.34. The Kier molecular flexibility index (Phi) is 3.75. The first-order chi connectivity index (χ1) is 10.6. The molecule has 6 heteroatoms. The molecule has 1 saturated heterocycles. The van der Waals surface area contributed by atoms with Crippen LogP contribution in [-0.2, 0) is 14.4 Å². The summed E-state index contributed by atoms with van der Waals surface area (Å²) >= 11 is 0. The van der Waals surface area contributed by atoms with Crippen LogP contribution in [0.3, 0.4) is 0 Å². The summed E-state index contributed by atoms with van der Waals surface area (Å²) in [5.74, 6) is -0.575. The lowest BCUT2D eigenvalue weighted by atomic mass is 9.86. The highest BCUT2D eigenvalue weighted by Crippen LogP contribution is 2.28. The highest BCUT2D eigenvalue weighted by atomic mass is 16.2. The van der Waals surface area contributed by atoms with Crippen LogP contribution < -0.4 is 10.6 Å². The molecular formula is C16H17N3O3. The summed E-state index contributed by atoms with van der Waals surface area (Å²) < 4.78 is 0. The smallest absolute Gasteiger partial charge is 0.268 e. The second-order valence-electron chi connectivity index (χ2n) is 5.53. The zero-order valence-corrected chi connectivity index (χ0v) is 12.3. The lowest BCUT2D eigenvalue weighted by Gasteiger charge is -2.27. The molecule has 3 rings (SSSR count). The van der Waals surface area contributed by atoms with Crippen molar-refractivity contribution in [3.8, 4) is 0 Å². The average molecular weight is 299 g/mol. The third-order valence-electron chi connectivity index (χ3n) is 4.02. The van der Waals surface area contributed by atoms with E-state index in [0.29, 0.717) is 18.6 Å². The molecule has 2 heterocycles. The maximum absolute atomic E-state index is 12.0. The van der Waals surface area contributed by atoms with Crippen LogP contribution in [0.15, 0.2) is 40.6 Å². The Morgan fingerprint density at radius 2 is 2.18 bits per heavy atom. The molecule has 2 aliphatic heterocycles. The number of hydrogen-bond donors (Lipinski definition) is 2. The molecule has 3 aliphatic rings. The van der Waals surface area contributed by atoms with Gasteiger partial charge in [-0.15, -0.1) is 0 Å². The van der Waals surface area contributed by atoms with E-state index in [4.69, 9.17) is 0 Å². The Balaban J connectivity index is 1.79. The first-order valence-electron chi connectivity index (χ1n) is 7.40. The van der Waals surface area contributed by atoms with E-state index in [2.05, 4.69) is 15.6 Å². The highest BCUT2D eigenvalue weighted by molar-refractivity contribution is 6.12. The van der Waals surface area contributed by atoms with Crippen LogP contribution in [0, 0.1) is 5.92 Å². The summed E-state index contributed by atoms with van der Waals surface area (Å²) in [5, 5.41) is 5.40. The Hall–Kier alpha value is -2.50. The molecule has 2 N–H and O–H groups in total. The van der Waals surface area contributed by atoms with Gasteiger partial charge in [-0.1, -0.05) is 18.6 Å². The van der Waals surface area contributed by atoms with Crippen molar-refractivity contribution in [2.45, 2.75) is 32.2 Å². The molecule has 1 fully saturated rings. The number of nitrogens with one attached hydrogen (secondary N) is 2. The van der Waals surface area contributed by atoms with Gasteiger partial charge in [-0.3, -0.25) is 14.4 Å². The summed E-state index contributed by atoms with van der Waals surface area (Å²) in [4.78, 5) is 38.9. The monoisotopic (exact) mass is 299 g/mol. The van der Waals surface area contributed by atoms with Gasteiger partial charge in [-0.05, 0) is 25.0 Å². The molecule has 3 amide bonds. The van der Waals surface area contributed by atoms with E-state index in [9.17, 15) is 14.4 Å². The third kappa shape index (κ3) is 2.77. The van der Waals surface area contributed by atoms with Gasteiger partial charge in [0.1, 0.15) is 6.04 Å². The molecule has 0 radical (unpaired) electrons. The molecule has 0 aromatic rings. The molecule has 0 spiro atoms. The highest BCUT2D eigenvalue weighted by Gasteiger charge is 2.28. The van der Waals surface area contributed by atoms with Crippen LogP contribution in [0.5, 0.6) is 0 Å². The number of carbonyl (C=O) groups is 3. The van der Waals surface area contributed by atoms with Gasteiger partial charge in [-0.25, -0.2) is 4.99 Å². The van der Waals surface area contributed by atoms with Gasteiger partial charge in [0.2, 0.25) is 11.8 Å². The largest absolute Gasteiger partial charge is 0.344 e. The van der Waals surface area contributed by atoms with Gasteiger partial charge in [0, 0.05) is 24.1 Å². The Morgan fingerprint density at radius 3 is 2.86 bits per heavy atom. The fraction of sp³-hybridized carbons (Fsp3) is 0.375. The van der Waals surface area contributed by atoms with Gasteiger partial charge in [0.15, 0.2) is 0 Å². The predicted molar refractivity (Wildman–Crippen MR) is 80.8 cm³/mol. The van der Waals surface area contributed by atoms with Crippen molar-refractivity contribution in [3.63, 3.8) is 0 Å². The van der Waals surface area contributed by atoms with Gasteiger partial charge in [0.25, 0.3) is 5.91 Å². The van der Waals surface area contributed by atoms with E-state index in [-0.39, 0.29) is 23.6 Å². The lowest BCUT2D eigenvalue weighted by molar-refractivity contribution is -0.123. The van der Waals surface area contributed by atoms with Crippen molar-refractivity contribution in [3.05, 3.63) is 35.6 Å². The molecule has 1 aliphatic carbocycles. The van der Waals surface area contributed by atoms with E-state index < -0.39 is 6.04 Å². The molecule has 0 bridgehead atoms. The van der Waals surface area contributed by atoms with E-state index in [1.54, 1.807) is 18.2 Å². The van der Waals surface area contributed by atoms with Crippen molar-refractivity contribution < 1.29 is 14.4 Å². The summed E-state index contributed by atoms with van der Waals surface area (Å²) in [6.45, 7) is 2.01. The Morgan fingerprint density at radius 1 is 1.36 bits per heavy atom. The number of hydrogen-bond acceptors (Lipinski definition) is 3. The minimum absolute atomic E-state index is 0.0444. The zero-order valence-electron chi connectivity index (χ0n) is 12.3. The van der Waals surface area contributed by atoms with Crippen LogP contribution >= 0.6 is 0 Å². The van der Waals surface area contributed by atoms with Gasteiger partial charge < -0.3 is 10.6 Å².